The molecule has 0 aromatic carbocycles. The molecule has 17 heavy (non-hydrogen) atoms. The summed E-state index contributed by atoms with van der Waals surface area (Å²) in [7, 11) is 0. The molecule has 3 atom stereocenters. The first-order chi connectivity index (χ1) is 8.09. The van der Waals surface area contributed by atoms with Crippen LogP contribution in [-0.4, -0.2) is 23.5 Å². The van der Waals surface area contributed by atoms with Crippen LogP contribution in [0.3, 0.4) is 0 Å². The Morgan fingerprint density at radius 3 is 2.76 bits per heavy atom. The first kappa shape index (κ1) is 13.3. The number of likely N-dealkylation sites (tertiary alicyclic amines) is 1. The molecule has 96 valence electrons. The second-order valence-corrected chi connectivity index (χ2v) is 6.78. The molecule has 4 heteroatoms. The average molecular weight is 273 g/mol. The lowest BCUT2D eigenvalue weighted by Gasteiger charge is -2.41. The number of hydrogen-bond donors (Lipinski definition) is 1. The van der Waals surface area contributed by atoms with Gasteiger partial charge in [0.1, 0.15) is 0 Å². The van der Waals surface area contributed by atoms with Crippen molar-refractivity contribution >= 4 is 22.9 Å². The molecule has 0 bridgehead atoms. The van der Waals surface area contributed by atoms with Crippen LogP contribution in [0.25, 0.3) is 0 Å². The monoisotopic (exact) mass is 272 g/mol. The summed E-state index contributed by atoms with van der Waals surface area (Å²) in [6.45, 7) is 5.56. The van der Waals surface area contributed by atoms with E-state index in [1.807, 2.05) is 6.07 Å². The van der Waals surface area contributed by atoms with E-state index in [1.54, 1.807) is 11.3 Å². The van der Waals surface area contributed by atoms with E-state index < -0.39 is 0 Å². The number of nitrogens with two attached hydrogens (primary N) is 1. The fourth-order valence-electron chi connectivity index (χ4n) is 2.75. The Labute approximate surface area is 113 Å². The van der Waals surface area contributed by atoms with Crippen molar-refractivity contribution < 1.29 is 0 Å². The van der Waals surface area contributed by atoms with Crippen LogP contribution >= 0.6 is 22.9 Å². The summed E-state index contributed by atoms with van der Waals surface area (Å²) in [5.41, 5.74) is 6.19. The smallest absolute Gasteiger partial charge is 0.0931 e. The molecule has 0 saturated carbocycles. The van der Waals surface area contributed by atoms with Gasteiger partial charge in [-0.1, -0.05) is 18.0 Å². The Bertz CT molecular complexity index is 364. The third-order valence-corrected chi connectivity index (χ3v) is 4.90. The van der Waals surface area contributed by atoms with Crippen molar-refractivity contribution in [1.82, 2.24) is 4.90 Å². The fraction of sp³-hybridized carbons (Fsp3) is 0.692. The summed E-state index contributed by atoms with van der Waals surface area (Å²) in [5.74, 6) is 0. The van der Waals surface area contributed by atoms with Gasteiger partial charge in [0.2, 0.25) is 0 Å². The highest BCUT2D eigenvalue weighted by molar-refractivity contribution is 7.16. The van der Waals surface area contributed by atoms with Gasteiger partial charge in [0.25, 0.3) is 0 Å². The molecule has 1 aliphatic rings. The van der Waals surface area contributed by atoms with Gasteiger partial charge in [-0.05, 0) is 45.4 Å². The molecule has 0 aliphatic carbocycles. The zero-order valence-corrected chi connectivity index (χ0v) is 12.1. The van der Waals surface area contributed by atoms with Crippen LogP contribution in [0.2, 0.25) is 4.34 Å². The van der Waals surface area contributed by atoms with Crippen molar-refractivity contribution in [1.29, 1.82) is 0 Å². The Morgan fingerprint density at radius 2 is 2.24 bits per heavy atom. The first-order valence-corrected chi connectivity index (χ1v) is 7.55. The number of rotatable bonds is 3. The standard InChI is InChI=1S/C13H21ClN2S/c1-9-5-3-4-8-16(9)13(10(2)15)11-6-7-12(14)17-11/h6-7,9-10,13H,3-5,8,15H2,1-2H3. The van der Waals surface area contributed by atoms with Crippen LogP contribution in [0.1, 0.15) is 44.0 Å². The second kappa shape index (κ2) is 5.70. The SMILES string of the molecule is CC(N)C(c1ccc(Cl)s1)N1CCCCC1C. The van der Waals surface area contributed by atoms with Gasteiger partial charge in [-0.2, -0.15) is 0 Å². The van der Waals surface area contributed by atoms with Crippen molar-refractivity contribution in [2.45, 2.75) is 51.2 Å². The summed E-state index contributed by atoms with van der Waals surface area (Å²) in [6.07, 6.45) is 3.91. The molecule has 1 aromatic rings. The number of thiophene rings is 1. The zero-order valence-electron chi connectivity index (χ0n) is 10.5. The number of piperidine rings is 1. The minimum Gasteiger partial charge on any atom is -0.326 e. The summed E-state index contributed by atoms with van der Waals surface area (Å²) in [4.78, 5) is 3.86. The van der Waals surface area contributed by atoms with Crippen molar-refractivity contribution in [3.63, 3.8) is 0 Å². The average Bonchev–Trinajstić information content (AvgIpc) is 2.68. The second-order valence-electron chi connectivity index (χ2n) is 5.03. The van der Waals surface area contributed by atoms with E-state index in [1.165, 1.54) is 24.1 Å². The minimum absolute atomic E-state index is 0.144. The number of nitrogens with zero attached hydrogens (tertiary/aromatic N) is 1. The summed E-state index contributed by atoms with van der Waals surface area (Å²) in [6, 6.07) is 5.20. The van der Waals surface area contributed by atoms with Gasteiger partial charge in [0.15, 0.2) is 0 Å². The van der Waals surface area contributed by atoms with E-state index in [9.17, 15) is 0 Å². The fourth-order valence-corrected chi connectivity index (χ4v) is 4.04. The van der Waals surface area contributed by atoms with E-state index in [-0.39, 0.29) is 6.04 Å². The molecule has 1 saturated heterocycles. The van der Waals surface area contributed by atoms with Gasteiger partial charge < -0.3 is 5.73 Å². The molecule has 0 amide bonds. The third-order valence-electron chi connectivity index (χ3n) is 3.60. The molecule has 1 aromatic heterocycles. The molecule has 2 nitrogen and oxygen atoms in total. The van der Waals surface area contributed by atoms with E-state index in [0.29, 0.717) is 12.1 Å². The lowest BCUT2D eigenvalue weighted by Crippen LogP contribution is -2.46. The molecule has 0 spiro atoms. The molecule has 2 rings (SSSR count). The summed E-state index contributed by atoms with van der Waals surface area (Å²) < 4.78 is 0.857. The lowest BCUT2D eigenvalue weighted by atomic mass is 9.97. The van der Waals surface area contributed by atoms with Gasteiger partial charge in [-0.3, -0.25) is 4.90 Å². The van der Waals surface area contributed by atoms with Crippen molar-refractivity contribution in [2.75, 3.05) is 6.54 Å². The molecule has 2 heterocycles. The highest BCUT2D eigenvalue weighted by Gasteiger charge is 2.30. The lowest BCUT2D eigenvalue weighted by molar-refractivity contribution is 0.0943. The summed E-state index contributed by atoms with van der Waals surface area (Å²) >= 11 is 7.71. The maximum atomic E-state index is 6.19. The Kier molecular flexibility index (Phi) is 4.47. The number of halogens is 1. The van der Waals surface area contributed by atoms with E-state index in [4.69, 9.17) is 17.3 Å². The van der Waals surface area contributed by atoms with Crippen LogP contribution in [0, 0.1) is 0 Å². The van der Waals surface area contributed by atoms with E-state index in [0.717, 1.165) is 10.9 Å². The predicted molar refractivity (Wildman–Crippen MR) is 75.7 cm³/mol. The molecule has 1 aliphatic heterocycles. The molecule has 3 unspecified atom stereocenters. The van der Waals surface area contributed by atoms with Gasteiger partial charge in [-0.25, -0.2) is 0 Å². The van der Waals surface area contributed by atoms with Crippen LogP contribution in [0.5, 0.6) is 0 Å². The van der Waals surface area contributed by atoms with Gasteiger partial charge in [-0.15, -0.1) is 11.3 Å². The topological polar surface area (TPSA) is 29.3 Å². The first-order valence-electron chi connectivity index (χ1n) is 6.36. The largest absolute Gasteiger partial charge is 0.326 e. The van der Waals surface area contributed by atoms with Crippen molar-refractivity contribution in [2.24, 2.45) is 5.73 Å². The van der Waals surface area contributed by atoms with Crippen LogP contribution in [-0.2, 0) is 0 Å². The van der Waals surface area contributed by atoms with Crippen molar-refractivity contribution in [3.05, 3.63) is 21.3 Å². The maximum Gasteiger partial charge on any atom is 0.0931 e. The van der Waals surface area contributed by atoms with Crippen LogP contribution in [0.15, 0.2) is 12.1 Å². The van der Waals surface area contributed by atoms with Crippen molar-refractivity contribution in [3.8, 4) is 0 Å². The van der Waals surface area contributed by atoms with Crippen LogP contribution in [0.4, 0.5) is 0 Å². The molecular formula is C13H21ClN2S. The molecule has 1 fully saturated rings. The van der Waals surface area contributed by atoms with Gasteiger partial charge >= 0.3 is 0 Å². The third kappa shape index (κ3) is 3.02. The zero-order chi connectivity index (χ0) is 12.4. The van der Waals surface area contributed by atoms with Gasteiger partial charge in [0, 0.05) is 17.0 Å². The molecular weight excluding hydrogens is 252 g/mol. The van der Waals surface area contributed by atoms with Crippen LogP contribution < -0.4 is 5.73 Å². The predicted octanol–water partition coefficient (Wildman–Crippen LogP) is 3.66. The molecule has 2 N–H and O–H groups in total. The maximum absolute atomic E-state index is 6.19. The highest BCUT2D eigenvalue weighted by atomic mass is 35.5. The minimum atomic E-state index is 0.144. The molecule has 0 radical (unpaired) electrons. The number of hydrogen-bond acceptors (Lipinski definition) is 3. The Balaban J connectivity index is 2.22. The van der Waals surface area contributed by atoms with E-state index in [2.05, 4.69) is 24.8 Å². The van der Waals surface area contributed by atoms with E-state index >= 15 is 0 Å². The Hall–Kier alpha value is -0.0900. The van der Waals surface area contributed by atoms with Gasteiger partial charge in [0.05, 0.1) is 10.4 Å². The normalized spacial score (nSPS) is 25.8. The highest BCUT2D eigenvalue weighted by Crippen LogP contribution is 2.35. The summed E-state index contributed by atoms with van der Waals surface area (Å²) in [5, 5.41) is 0. The quantitative estimate of drug-likeness (QED) is 0.910. The Morgan fingerprint density at radius 1 is 1.47 bits per heavy atom.